The lowest BCUT2D eigenvalue weighted by atomic mass is 9.88. The second kappa shape index (κ2) is 33.2. The van der Waals surface area contributed by atoms with E-state index in [1.807, 2.05) is 13.0 Å². The van der Waals surface area contributed by atoms with E-state index in [2.05, 4.69) is 74.7 Å². The van der Waals surface area contributed by atoms with E-state index in [9.17, 15) is 79.4 Å². The molecule has 0 aromatic heterocycles. The normalized spacial score (nSPS) is 19.3. The number of benzene rings is 1. The highest BCUT2D eigenvalue weighted by atomic mass is 28.4. The van der Waals surface area contributed by atoms with Gasteiger partial charge in [-0.15, -0.1) is 0 Å². The Labute approximate surface area is 525 Å². The van der Waals surface area contributed by atoms with Crippen LogP contribution in [0.2, 0.25) is 36.3 Å². The minimum atomic E-state index is -8.67. The lowest BCUT2D eigenvalue weighted by Gasteiger charge is -2.42. The average molecular weight is 1360 g/mol. The molecule has 0 unspecified atom stereocenters. The van der Waals surface area contributed by atoms with Crippen molar-refractivity contribution < 1.29 is 107 Å². The van der Waals surface area contributed by atoms with Crippen molar-refractivity contribution in [2.75, 3.05) is 6.61 Å². The minimum absolute atomic E-state index is 0.0313. The number of alkyl halides is 17. The fourth-order valence-corrected chi connectivity index (χ4v) is 13.3. The van der Waals surface area contributed by atoms with Gasteiger partial charge in [0, 0.05) is 24.5 Å². The van der Waals surface area contributed by atoms with Gasteiger partial charge in [0.15, 0.2) is 16.6 Å². The molecule has 0 bridgehead atoms. The molecule has 90 heavy (non-hydrogen) atoms. The predicted molar refractivity (Wildman–Crippen MR) is 319 cm³/mol. The third-order valence-corrected chi connectivity index (χ3v) is 27.3. The van der Waals surface area contributed by atoms with Gasteiger partial charge in [0.2, 0.25) is 0 Å². The maximum Gasteiger partial charge on any atom is 0.460 e. The van der Waals surface area contributed by atoms with Gasteiger partial charge in [0.05, 0.1) is 24.9 Å². The number of halogens is 17. The molecule has 1 fully saturated rings. The largest absolute Gasteiger partial charge is 0.494 e. The number of unbranched alkanes of at least 4 members (excludes halogenated alkanes) is 16. The van der Waals surface area contributed by atoms with Crippen molar-refractivity contribution in [3.05, 3.63) is 35.9 Å². The molecule has 3 rings (SSSR count). The zero-order chi connectivity index (χ0) is 68.6. The zero-order valence-corrected chi connectivity index (χ0v) is 56.7. The lowest BCUT2D eigenvalue weighted by Crippen LogP contribution is -2.74. The summed E-state index contributed by atoms with van der Waals surface area (Å²) in [6.45, 7) is 25.1. The van der Waals surface area contributed by atoms with Gasteiger partial charge in [-0.05, 0) is 118 Å². The molecule has 1 aromatic carbocycles. The maximum absolute atomic E-state index is 14.6. The summed E-state index contributed by atoms with van der Waals surface area (Å²) >= 11 is 0. The van der Waals surface area contributed by atoms with Gasteiger partial charge in [-0.2, -0.15) is 74.6 Å². The van der Waals surface area contributed by atoms with Gasteiger partial charge in [-0.1, -0.05) is 158 Å². The van der Waals surface area contributed by atoms with Crippen LogP contribution >= 0.6 is 0 Å². The average Bonchev–Trinajstić information content (AvgIpc) is 0.819. The summed E-state index contributed by atoms with van der Waals surface area (Å²) in [7, 11) is -4.37. The standard InChI is InChI=1S/C64H101F17O7Si2/c1-13-14-15-16-17-18-19-23-26-29-33-50(85-48-37-35-47(36-38-48)83-42-31-41-57(65,66)58(67,68)59(69,70)60(71,72)61(73,74)62(75,76)63(77,78)64(79,80)81)51-39-40-52(86-51)53(88-90(11,12)56(6,7)8)34-30-27-24-21-20-22-25-28-32-49(87-89(9,10)55(3,4)5)44-46-43-45(2)84-54(46)82/h35-38,43,45,49-53H,13-34,39-42,44H2,1-12H3/t45-,49+,50+,51+,52+,53+/m0/s1. The van der Waals surface area contributed by atoms with Crippen LogP contribution in [0.4, 0.5) is 74.6 Å². The molecule has 0 aliphatic carbocycles. The number of hydrogen-bond donors (Lipinski definition) is 0. The van der Waals surface area contributed by atoms with Gasteiger partial charge in [-0.3, -0.25) is 0 Å². The second-order valence-corrected chi connectivity index (χ2v) is 37.3. The van der Waals surface area contributed by atoms with Crippen molar-refractivity contribution in [1.29, 1.82) is 0 Å². The first-order valence-corrected chi connectivity index (χ1v) is 38.0. The van der Waals surface area contributed by atoms with Crippen LogP contribution in [0.25, 0.3) is 0 Å². The number of cyclic esters (lactones) is 1. The monoisotopic (exact) mass is 1360 g/mol. The topological polar surface area (TPSA) is 72.5 Å². The van der Waals surface area contributed by atoms with E-state index in [0.717, 1.165) is 103 Å². The molecule has 0 spiro atoms. The first-order valence-electron chi connectivity index (χ1n) is 32.2. The van der Waals surface area contributed by atoms with Crippen LogP contribution in [0.3, 0.4) is 0 Å². The molecule has 26 heteroatoms. The van der Waals surface area contributed by atoms with Crippen molar-refractivity contribution in [3.63, 3.8) is 0 Å². The van der Waals surface area contributed by atoms with Gasteiger partial charge in [0.25, 0.3) is 0 Å². The summed E-state index contributed by atoms with van der Waals surface area (Å²) in [5.74, 6) is -56.7. The number of ether oxygens (including phenoxy) is 4. The molecule has 0 amide bonds. The summed E-state index contributed by atoms with van der Waals surface area (Å²) in [5, 5.41) is -0.0518. The van der Waals surface area contributed by atoms with Crippen LogP contribution in [0.5, 0.6) is 11.5 Å². The molecule has 1 aromatic rings. The smallest absolute Gasteiger partial charge is 0.460 e. The number of carbonyl (C=O) groups excluding carboxylic acids is 1. The fraction of sp³-hybridized carbons (Fsp3) is 0.859. The highest BCUT2D eigenvalue weighted by molar-refractivity contribution is 6.74. The lowest BCUT2D eigenvalue weighted by molar-refractivity contribution is -0.461. The number of carbonyl (C=O) groups is 1. The van der Waals surface area contributed by atoms with E-state index >= 15 is 0 Å². The molecule has 2 aliphatic heterocycles. The van der Waals surface area contributed by atoms with Crippen LogP contribution in [0, 0.1) is 0 Å². The summed E-state index contributed by atoms with van der Waals surface area (Å²) in [4.78, 5) is 12.5. The van der Waals surface area contributed by atoms with Crippen molar-refractivity contribution in [1.82, 2.24) is 0 Å². The maximum atomic E-state index is 14.6. The quantitative estimate of drug-likeness (QED) is 0.0279. The molecule has 526 valence electrons. The van der Waals surface area contributed by atoms with Crippen molar-refractivity contribution in [3.8, 4) is 11.5 Å². The van der Waals surface area contributed by atoms with Crippen LogP contribution < -0.4 is 9.47 Å². The Hall–Kier alpha value is -2.85. The summed E-state index contributed by atoms with van der Waals surface area (Å²) < 4.78 is 272. The van der Waals surface area contributed by atoms with Crippen LogP contribution in [-0.2, 0) is 23.1 Å². The Kier molecular flexibility index (Phi) is 30.0. The van der Waals surface area contributed by atoms with Gasteiger partial charge >= 0.3 is 53.6 Å². The van der Waals surface area contributed by atoms with Crippen LogP contribution in [0.15, 0.2) is 35.9 Å². The molecule has 2 aliphatic rings. The van der Waals surface area contributed by atoms with E-state index in [4.69, 9.17) is 27.8 Å². The molecular weight excluding hydrogens is 1260 g/mol. The zero-order valence-electron chi connectivity index (χ0n) is 54.7. The number of esters is 1. The SMILES string of the molecule is CCCCCCCCCCCC[C@@H](Oc1ccc(OCCCC(F)(F)C(F)(F)C(F)(F)C(F)(F)C(F)(F)C(F)(F)C(F)(F)C(F)(F)F)cc1)[C@H]1CC[C@H]([C@@H](CCCCCCCCCC[C@H](CC2=C[C@H](C)OC2=O)O[Si](C)(C)C(C)(C)C)O[Si](C)(C)C(C)(C)C)O1. The molecule has 0 saturated carbocycles. The molecular formula is C64H101F17O7Si2. The third-order valence-electron chi connectivity index (χ3n) is 18.3. The molecule has 2 heterocycles. The highest BCUT2D eigenvalue weighted by Crippen LogP contribution is 2.64. The first kappa shape index (κ1) is 81.4. The third kappa shape index (κ3) is 21.3. The summed E-state index contributed by atoms with van der Waals surface area (Å²) in [5.41, 5.74) is 0.699. The van der Waals surface area contributed by atoms with Crippen molar-refractivity contribution >= 4 is 22.6 Å². The Balaban J connectivity index is 1.66. The minimum Gasteiger partial charge on any atom is -0.494 e. The Morgan fingerprint density at radius 1 is 0.500 bits per heavy atom. The predicted octanol–water partition coefficient (Wildman–Crippen LogP) is 22.4. The number of hydrogen-bond acceptors (Lipinski definition) is 7. The van der Waals surface area contributed by atoms with E-state index in [1.54, 1.807) is 0 Å². The van der Waals surface area contributed by atoms with Crippen molar-refractivity contribution in [2.24, 2.45) is 0 Å². The second-order valence-electron chi connectivity index (χ2n) is 27.8. The van der Waals surface area contributed by atoms with E-state index < -0.39 is 89.8 Å². The van der Waals surface area contributed by atoms with E-state index in [1.165, 1.54) is 49.9 Å². The van der Waals surface area contributed by atoms with E-state index in [-0.39, 0.29) is 52.3 Å². The van der Waals surface area contributed by atoms with Crippen LogP contribution in [0.1, 0.15) is 222 Å². The Morgan fingerprint density at radius 2 is 0.889 bits per heavy atom. The molecule has 0 N–H and O–H groups in total. The summed E-state index contributed by atoms with van der Waals surface area (Å²) in [6, 6.07) is 5.40. The van der Waals surface area contributed by atoms with Gasteiger partial charge in [-0.25, -0.2) is 4.79 Å². The Bertz CT molecular complexity index is 2320. The first-order chi connectivity index (χ1) is 41.2. The van der Waals surface area contributed by atoms with E-state index in [0.29, 0.717) is 37.0 Å². The van der Waals surface area contributed by atoms with Gasteiger partial charge < -0.3 is 27.8 Å². The number of rotatable bonds is 43. The Morgan fingerprint density at radius 3 is 1.32 bits per heavy atom. The fourth-order valence-electron chi connectivity index (χ4n) is 10.5. The van der Waals surface area contributed by atoms with Gasteiger partial charge in [0.1, 0.15) is 23.7 Å². The molecule has 6 atom stereocenters. The van der Waals surface area contributed by atoms with Crippen LogP contribution in [-0.4, -0.2) is 113 Å². The highest BCUT2D eigenvalue weighted by Gasteiger charge is 2.95. The molecule has 1 saturated heterocycles. The molecule has 7 nitrogen and oxygen atoms in total. The van der Waals surface area contributed by atoms with Crippen molar-refractivity contribution in [2.45, 2.75) is 343 Å². The molecule has 0 radical (unpaired) electrons. The summed E-state index contributed by atoms with van der Waals surface area (Å²) in [6.07, 6.45) is 12.2.